The van der Waals surface area contributed by atoms with Gasteiger partial charge in [0.2, 0.25) is 0 Å². The van der Waals surface area contributed by atoms with E-state index in [2.05, 4.69) is 5.32 Å². The maximum atomic E-state index is 12.4. The van der Waals surface area contributed by atoms with Gasteiger partial charge in [0.1, 0.15) is 5.75 Å². The average molecular weight is 364 g/mol. The molecule has 0 spiro atoms. The lowest BCUT2D eigenvalue weighted by Gasteiger charge is -2.10. The first-order valence-electron chi connectivity index (χ1n) is 7.25. The van der Waals surface area contributed by atoms with Gasteiger partial charge in [0.05, 0.1) is 28.4 Å². The molecule has 0 atom stereocenters. The number of nitrogens with zero attached hydrogens (tertiary/aromatic N) is 1. The predicted molar refractivity (Wildman–Crippen MR) is 91.8 cm³/mol. The molecular weight excluding hydrogens is 348 g/mol. The molecule has 0 saturated carbocycles. The lowest BCUT2D eigenvalue weighted by molar-refractivity contribution is -0.384. The number of hydrogen-bond acceptors (Lipinski definition) is 6. The summed E-state index contributed by atoms with van der Waals surface area (Å²) in [4.78, 5) is 22.7. The van der Waals surface area contributed by atoms with Crippen LogP contribution in [0.25, 0.3) is 0 Å². The van der Waals surface area contributed by atoms with Gasteiger partial charge in [0.25, 0.3) is 11.6 Å². The Morgan fingerprint density at radius 2 is 1.96 bits per heavy atom. The van der Waals surface area contributed by atoms with Gasteiger partial charge in [0.15, 0.2) is 9.84 Å². The lowest BCUT2D eigenvalue weighted by atomic mass is 10.2. The number of ether oxygens (including phenoxy) is 1. The summed E-state index contributed by atoms with van der Waals surface area (Å²) in [5.41, 5.74) is 0.0203. The summed E-state index contributed by atoms with van der Waals surface area (Å²) in [5, 5.41) is 13.4. The molecule has 8 nitrogen and oxygen atoms in total. The Labute approximate surface area is 144 Å². The number of nitro benzene ring substituents is 1. The van der Waals surface area contributed by atoms with E-state index in [1.54, 1.807) is 0 Å². The molecule has 0 saturated heterocycles. The van der Waals surface area contributed by atoms with E-state index in [4.69, 9.17) is 4.74 Å². The predicted octanol–water partition coefficient (Wildman–Crippen LogP) is 2.65. The van der Waals surface area contributed by atoms with Crippen molar-refractivity contribution in [2.24, 2.45) is 0 Å². The lowest BCUT2D eigenvalue weighted by Crippen LogP contribution is -2.14. The SMILES string of the molecule is CCS(=O)(=O)c1cccc(C(=O)Nc2cc([N+](=O)[O-])ccc2OC)c1. The third-order valence-electron chi connectivity index (χ3n) is 3.48. The van der Waals surface area contributed by atoms with Crippen LogP contribution in [0.15, 0.2) is 47.4 Å². The molecule has 0 aliphatic rings. The fraction of sp³-hybridized carbons (Fsp3) is 0.188. The molecule has 1 N–H and O–H groups in total. The Bertz CT molecular complexity index is 924. The summed E-state index contributed by atoms with van der Waals surface area (Å²) in [7, 11) is -2.09. The highest BCUT2D eigenvalue weighted by Crippen LogP contribution is 2.29. The Kier molecular flexibility index (Phi) is 5.38. The van der Waals surface area contributed by atoms with Gasteiger partial charge in [-0.3, -0.25) is 14.9 Å². The van der Waals surface area contributed by atoms with Gasteiger partial charge in [0, 0.05) is 17.7 Å². The summed E-state index contributed by atoms with van der Waals surface area (Å²) in [6.45, 7) is 1.51. The van der Waals surface area contributed by atoms with Crippen molar-refractivity contribution in [1.29, 1.82) is 0 Å². The molecule has 0 aliphatic carbocycles. The summed E-state index contributed by atoms with van der Waals surface area (Å²) < 4.78 is 28.9. The zero-order valence-electron chi connectivity index (χ0n) is 13.6. The van der Waals surface area contributed by atoms with E-state index in [1.807, 2.05) is 0 Å². The van der Waals surface area contributed by atoms with Gasteiger partial charge in [-0.05, 0) is 24.3 Å². The molecule has 1 amide bonds. The van der Waals surface area contributed by atoms with Gasteiger partial charge in [-0.25, -0.2) is 8.42 Å². The number of nitrogens with one attached hydrogen (secondary N) is 1. The number of amides is 1. The maximum Gasteiger partial charge on any atom is 0.271 e. The molecule has 0 unspecified atom stereocenters. The Morgan fingerprint density at radius 3 is 2.56 bits per heavy atom. The fourth-order valence-corrected chi connectivity index (χ4v) is 3.02. The molecule has 9 heteroatoms. The minimum Gasteiger partial charge on any atom is -0.495 e. The molecule has 2 rings (SSSR count). The molecule has 0 bridgehead atoms. The van der Waals surface area contributed by atoms with Crippen LogP contribution >= 0.6 is 0 Å². The molecule has 0 fully saturated rings. The fourth-order valence-electron chi connectivity index (χ4n) is 2.10. The maximum absolute atomic E-state index is 12.4. The summed E-state index contributed by atoms with van der Waals surface area (Å²) in [6, 6.07) is 9.37. The van der Waals surface area contributed by atoms with Crippen molar-refractivity contribution in [2.75, 3.05) is 18.2 Å². The van der Waals surface area contributed by atoms with Gasteiger partial charge in [-0.2, -0.15) is 0 Å². The van der Waals surface area contributed by atoms with Crippen molar-refractivity contribution in [2.45, 2.75) is 11.8 Å². The van der Waals surface area contributed by atoms with Crippen molar-refractivity contribution >= 4 is 27.1 Å². The highest BCUT2D eigenvalue weighted by atomic mass is 32.2. The van der Waals surface area contributed by atoms with Crippen LogP contribution < -0.4 is 10.1 Å². The Morgan fingerprint density at radius 1 is 1.24 bits per heavy atom. The van der Waals surface area contributed by atoms with Crippen molar-refractivity contribution in [3.05, 3.63) is 58.1 Å². The smallest absolute Gasteiger partial charge is 0.271 e. The van der Waals surface area contributed by atoms with E-state index in [-0.39, 0.29) is 33.3 Å². The molecule has 132 valence electrons. The van der Waals surface area contributed by atoms with Crippen molar-refractivity contribution in [3.8, 4) is 5.75 Å². The van der Waals surface area contributed by atoms with Crippen LogP contribution in [0.3, 0.4) is 0 Å². The number of sulfone groups is 1. The number of nitro groups is 1. The first kappa shape index (κ1) is 18.4. The van der Waals surface area contributed by atoms with Crippen molar-refractivity contribution < 1.29 is 22.9 Å². The van der Waals surface area contributed by atoms with Crippen molar-refractivity contribution in [1.82, 2.24) is 0 Å². The van der Waals surface area contributed by atoms with Gasteiger partial charge in [-0.15, -0.1) is 0 Å². The van der Waals surface area contributed by atoms with E-state index in [9.17, 15) is 23.3 Å². The number of non-ortho nitro benzene ring substituents is 1. The molecule has 2 aromatic carbocycles. The van der Waals surface area contributed by atoms with Crippen molar-refractivity contribution in [3.63, 3.8) is 0 Å². The number of anilines is 1. The molecule has 0 heterocycles. The first-order chi connectivity index (χ1) is 11.8. The summed E-state index contributed by atoms with van der Waals surface area (Å²) in [6.07, 6.45) is 0. The number of methoxy groups -OCH3 is 1. The van der Waals surface area contributed by atoms with Crippen LogP contribution in [0.2, 0.25) is 0 Å². The second-order valence-corrected chi connectivity index (χ2v) is 7.31. The molecule has 0 aliphatic heterocycles. The standard InChI is InChI=1S/C16H16N2O6S/c1-3-25(22,23)13-6-4-5-11(9-13)16(19)17-14-10-12(18(20)21)7-8-15(14)24-2/h4-10H,3H2,1-2H3,(H,17,19). The van der Waals surface area contributed by atoms with E-state index >= 15 is 0 Å². The van der Waals surface area contributed by atoms with Crippen LogP contribution in [-0.2, 0) is 9.84 Å². The van der Waals surface area contributed by atoms with Gasteiger partial charge in [-0.1, -0.05) is 13.0 Å². The first-order valence-corrected chi connectivity index (χ1v) is 8.90. The molecule has 2 aromatic rings. The molecular formula is C16H16N2O6S. The Hall–Kier alpha value is -2.94. The number of carbonyl (C=O) groups excluding carboxylic acids is 1. The molecule has 25 heavy (non-hydrogen) atoms. The second-order valence-electron chi connectivity index (χ2n) is 5.03. The summed E-state index contributed by atoms with van der Waals surface area (Å²) >= 11 is 0. The largest absolute Gasteiger partial charge is 0.495 e. The number of rotatable bonds is 6. The molecule has 0 radical (unpaired) electrons. The van der Waals surface area contributed by atoms with E-state index in [0.29, 0.717) is 0 Å². The Balaban J connectivity index is 2.36. The minimum atomic E-state index is -3.45. The third-order valence-corrected chi connectivity index (χ3v) is 5.21. The minimum absolute atomic E-state index is 0.0358. The summed E-state index contributed by atoms with van der Waals surface area (Å²) in [5.74, 6) is -0.445. The van der Waals surface area contributed by atoms with E-state index < -0.39 is 20.7 Å². The topological polar surface area (TPSA) is 116 Å². The third kappa shape index (κ3) is 4.13. The normalized spacial score (nSPS) is 11.0. The highest BCUT2D eigenvalue weighted by Gasteiger charge is 2.17. The monoisotopic (exact) mass is 364 g/mol. The molecule has 0 aromatic heterocycles. The van der Waals surface area contributed by atoms with Crippen LogP contribution in [0, 0.1) is 10.1 Å². The zero-order valence-corrected chi connectivity index (χ0v) is 14.4. The highest BCUT2D eigenvalue weighted by molar-refractivity contribution is 7.91. The average Bonchev–Trinajstić information content (AvgIpc) is 2.61. The van der Waals surface area contributed by atoms with Gasteiger partial charge >= 0.3 is 0 Å². The van der Waals surface area contributed by atoms with E-state index in [1.165, 1.54) is 56.5 Å². The van der Waals surface area contributed by atoms with E-state index in [0.717, 1.165) is 0 Å². The van der Waals surface area contributed by atoms with Crippen LogP contribution in [0.5, 0.6) is 5.75 Å². The second kappa shape index (κ2) is 7.31. The number of benzene rings is 2. The van der Waals surface area contributed by atoms with Crippen LogP contribution in [0.4, 0.5) is 11.4 Å². The zero-order chi connectivity index (χ0) is 18.6. The quantitative estimate of drug-likeness (QED) is 0.622. The number of hydrogen-bond donors (Lipinski definition) is 1. The van der Waals surface area contributed by atoms with Crippen LogP contribution in [0.1, 0.15) is 17.3 Å². The van der Waals surface area contributed by atoms with Crippen LogP contribution in [-0.4, -0.2) is 32.1 Å². The van der Waals surface area contributed by atoms with Gasteiger partial charge < -0.3 is 10.1 Å². The number of carbonyl (C=O) groups is 1.